The number of hydrogen-bond donors (Lipinski definition) is 1. The fraction of sp³-hybridized carbons (Fsp3) is 0.375. The molecule has 0 saturated carbocycles. The van der Waals surface area contributed by atoms with E-state index in [1.165, 1.54) is 51.3 Å². The average Bonchev–Trinajstić information content (AvgIpc) is 3.19. The van der Waals surface area contributed by atoms with Crippen molar-refractivity contribution in [1.82, 2.24) is 8.87 Å². The smallest absolute Gasteiger partial charge is 0.326 e. The van der Waals surface area contributed by atoms with Crippen LogP contribution in [0.5, 0.6) is 0 Å². The minimum Gasteiger partial charge on any atom is -0.465 e. The van der Waals surface area contributed by atoms with Gasteiger partial charge in [0.15, 0.2) is 4.80 Å². The van der Waals surface area contributed by atoms with Crippen LogP contribution in [0.4, 0.5) is 0 Å². The van der Waals surface area contributed by atoms with E-state index in [2.05, 4.69) is 4.99 Å². The fourth-order valence-electron chi connectivity index (χ4n) is 3.73. The summed E-state index contributed by atoms with van der Waals surface area (Å²) >= 11 is 1.00. The van der Waals surface area contributed by atoms with Gasteiger partial charge in [0.2, 0.25) is 20.0 Å². The first-order valence-electron chi connectivity index (χ1n) is 11.9. The van der Waals surface area contributed by atoms with Crippen LogP contribution in [-0.4, -0.2) is 57.3 Å². The van der Waals surface area contributed by atoms with Crippen molar-refractivity contribution in [2.24, 2.45) is 10.1 Å². The summed E-state index contributed by atoms with van der Waals surface area (Å²) in [6.45, 7) is 6.16. The molecule has 0 atom stereocenters. The molecule has 1 amide bonds. The van der Waals surface area contributed by atoms with Gasteiger partial charge in [0, 0.05) is 18.7 Å². The first-order valence-corrected chi connectivity index (χ1v) is 15.7. The molecule has 0 saturated heterocycles. The number of carbonyl (C=O) groups is 2. The third kappa shape index (κ3) is 6.74. The van der Waals surface area contributed by atoms with Crippen LogP contribution in [0.25, 0.3) is 10.2 Å². The molecule has 0 aliphatic heterocycles. The number of fused-ring (bicyclic) bond motifs is 1. The number of esters is 1. The lowest BCUT2D eigenvalue weighted by Gasteiger charge is -2.21. The van der Waals surface area contributed by atoms with E-state index in [1.807, 2.05) is 13.8 Å². The minimum absolute atomic E-state index is 0.0747. The zero-order valence-corrected chi connectivity index (χ0v) is 23.7. The Balaban J connectivity index is 2.03. The Morgan fingerprint density at radius 1 is 0.974 bits per heavy atom. The Morgan fingerprint density at radius 2 is 1.58 bits per heavy atom. The van der Waals surface area contributed by atoms with Crippen LogP contribution in [0.2, 0.25) is 0 Å². The van der Waals surface area contributed by atoms with Gasteiger partial charge in [-0.05, 0) is 62.2 Å². The summed E-state index contributed by atoms with van der Waals surface area (Å²) in [6.07, 6.45) is 1.35. The third-order valence-corrected chi connectivity index (χ3v) is 9.32. The van der Waals surface area contributed by atoms with Crippen molar-refractivity contribution < 1.29 is 31.2 Å². The standard InChI is InChI=1S/C24H30N4O7S3/c1-4-13-27(14-5-2)38(33,34)18-9-7-17(8-10-18)23(30)26-24-28(16-22(29)35-6-3)20-12-11-19(37(25,31)32)15-21(20)36-24/h7-12,15H,4-6,13-14,16H2,1-3H3,(H2,25,31,32). The van der Waals surface area contributed by atoms with Gasteiger partial charge in [-0.2, -0.15) is 9.30 Å². The van der Waals surface area contributed by atoms with E-state index in [0.717, 1.165) is 11.3 Å². The number of nitrogens with two attached hydrogens (primary N) is 1. The first kappa shape index (κ1) is 29.6. The van der Waals surface area contributed by atoms with Gasteiger partial charge in [-0.25, -0.2) is 22.0 Å². The summed E-state index contributed by atoms with van der Waals surface area (Å²) in [7, 11) is -7.68. The van der Waals surface area contributed by atoms with Crippen molar-refractivity contribution in [2.45, 2.75) is 49.9 Å². The van der Waals surface area contributed by atoms with Crippen molar-refractivity contribution in [1.29, 1.82) is 0 Å². The van der Waals surface area contributed by atoms with Gasteiger partial charge in [0.05, 0.1) is 26.6 Å². The molecule has 2 aromatic carbocycles. The van der Waals surface area contributed by atoms with Crippen LogP contribution < -0.4 is 9.94 Å². The van der Waals surface area contributed by atoms with Crippen LogP contribution >= 0.6 is 11.3 Å². The number of amides is 1. The predicted octanol–water partition coefficient (Wildman–Crippen LogP) is 2.47. The van der Waals surface area contributed by atoms with Gasteiger partial charge in [-0.3, -0.25) is 9.59 Å². The highest BCUT2D eigenvalue weighted by Gasteiger charge is 2.23. The second-order valence-electron chi connectivity index (χ2n) is 8.30. The van der Waals surface area contributed by atoms with E-state index in [1.54, 1.807) is 6.92 Å². The third-order valence-electron chi connectivity index (χ3n) is 5.46. The fourth-order valence-corrected chi connectivity index (χ4v) is 7.03. The first-order chi connectivity index (χ1) is 17.9. The number of primary sulfonamides is 1. The highest BCUT2D eigenvalue weighted by Crippen LogP contribution is 2.22. The molecule has 0 radical (unpaired) electrons. The zero-order chi connectivity index (χ0) is 28.1. The Morgan fingerprint density at radius 3 is 2.13 bits per heavy atom. The molecule has 11 nitrogen and oxygen atoms in total. The number of aromatic nitrogens is 1. The molecule has 0 fully saturated rings. The van der Waals surface area contributed by atoms with Crippen molar-refractivity contribution in [3.63, 3.8) is 0 Å². The van der Waals surface area contributed by atoms with Gasteiger partial charge in [0.25, 0.3) is 5.91 Å². The molecule has 3 aromatic rings. The van der Waals surface area contributed by atoms with Crippen LogP contribution in [0.15, 0.2) is 57.2 Å². The number of sulfonamides is 2. The van der Waals surface area contributed by atoms with E-state index >= 15 is 0 Å². The molecule has 3 rings (SSSR count). The molecular formula is C24H30N4O7S3. The highest BCUT2D eigenvalue weighted by atomic mass is 32.2. The van der Waals surface area contributed by atoms with Crippen molar-refractivity contribution in [2.75, 3.05) is 19.7 Å². The van der Waals surface area contributed by atoms with E-state index in [4.69, 9.17) is 9.88 Å². The minimum atomic E-state index is -3.97. The number of ether oxygens (including phenoxy) is 1. The van der Waals surface area contributed by atoms with Gasteiger partial charge in [-0.1, -0.05) is 25.2 Å². The summed E-state index contributed by atoms with van der Waals surface area (Å²) in [4.78, 5) is 29.5. The summed E-state index contributed by atoms with van der Waals surface area (Å²) in [5.41, 5.74) is 0.613. The number of carbonyl (C=O) groups excluding carboxylic acids is 2. The van der Waals surface area contributed by atoms with Crippen LogP contribution in [0.1, 0.15) is 44.0 Å². The monoisotopic (exact) mass is 582 g/mol. The van der Waals surface area contributed by atoms with Crippen molar-refractivity contribution in [3.8, 4) is 0 Å². The average molecular weight is 583 g/mol. The second-order valence-corrected chi connectivity index (χ2v) is 12.8. The number of benzene rings is 2. The van der Waals surface area contributed by atoms with E-state index in [0.29, 0.717) is 36.1 Å². The van der Waals surface area contributed by atoms with E-state index < -0.39 is 31.9 Å². The molecule has 0 unspecified atom stereocenters. The van der Waals surface area contributed by atoms with Gasteiger partial charge in [-0.15, -0.1) is 0 Å². The predicted molar refractivity (Wildman–Crippen MR) is 143 cm³/mol. The molecule has 0 aliphatic carbocycles. The Kier molecular flexibility index (Phi) is 9.59. The molecule has 0 spiro atoms. The van der Waals surface area contributed by atoms with Crippen molar-refractivity contribution in [3.05, 3.63) is 52.8 Å². The molecule has 206 valence electrons. The Bertz CT molecular complexity index is 1600. The summed E-state index contributed by atoms with van der Waals surface area (Å²) in [6, 6.07) is 9.63. The maximum absolute atomic E-state index is 13.0. The maximum Gasteiger partial charge on any atom is 0.326 e. The van der Waals surface area contributed by atoms with Crippen LogP contribution in [0.3, 0.4) is 0 Å². The SMILES string of the molecule is CCCN(CCC)S(=O)(=O)c1ccc(C(=O)N=c2sc3cc(S(N)(=O)=O)ccc3n2CC(=O)OCC)cc1. The lowest BCUT2D eigenvalue weighted by Crippen LogP contribution is -2.32. The lowest BCUT2D eigenvalue weighted by atomic mass is 10.2. The number of thiazole rings is 1. The molecule has 1 heterocycles. The van der Waals surface area contributed by atoms with E-state index in [9.17, 15) is 26.4 Å². The summed E-state index contributed by atoms with van der Waals surface area (Å²) in [5.74, 6) is -1.22. The molecule has 14 heteroatoms. The molecule has 0 bridgehead atoms. The number of hydrogen-bond acceptors (Lipinski definition) is 8. The molecule has 38 heavy (non-hydrogen) atoms. The molecular weight excluding hydrogens is 552 g/mol. The largest absolute Gasteiger partial charge is 0.465 e. The van der Waals surface area contributed by atoms with Gasteiger partial charge >= 0.3 is 5.97 Å². The zero-order valence-electron chi connectivity index (χ0n) is 21.3. The maximum atomic E-state index is 13.0. The quantitative estimate of drug-likeness (QED) is 0.340. The van der Waals surface area contributed by atoms with Crippen molar-refractivity contribution >= 4 is 53.5 Å². The Labute approximate surface area is 225 Å². The molecule has 1 aromatic heterocycles. The number of nitrogens with zero attached hydrogens (tertiary/aromatic N) is 3. The highest BCUT2D eigenvalue weighted by molar-refractivity contribution is 7.89. The summed E-state index contributed by atoms with van der Waals surface area (Å²) < 4.78 is 57.9. The van der Waals surface area contributed by atoms with Gasteiger partial charge in [0.1, 0.15) is 6.54 Å². The normalized spacial score (nSPS) is 12.8. The molecule has 2 N–H and O–H groups in total. The lowest BCUT2D eigenvalue weighted by molar-refractivity contribution is -0.143. The van der Waals surface area contributed by atoms with Crippen LogP contribution in [-0.2, 0) is 36.1 Å². The van der Waals surface area contributed by atoms with Gasteiger partial charge < -0.3 is 9.30 Å². The van der Waals surface area contributed by atoms with E-state index in [-0.39, 0.29) is 33.3 Å². The molecule has 0 aliphatic rings. The van der Waals surface area contributed by atoms with Crippen LogP contribution in [0, 0.1) is 0 Å². The second kappa shape index (κ2) is 12.3. The Hall–Kier alpha value is -2.91. The summed E-state index contributed by atoms with van der Waals surface area (Å²) in [5, 5.41) is 5.24. The number of rotatable bonds is 11. The topological polar surface area (TPSA) is 158 Å².